The number of piperidine rings is 1. The zero-order valence-corrected chi connectivity index (χ0v) is 31.8. The third-order valence-electron chi connectivity index (χ3n) is 11.5. The van der Waals surface area contributed by atoms with Crippen molar-refractivity contribution >= 4 is 52.0 Å². The largest absolute Gasteiger partial charge is 0.371 e. The van der Waals surface area contributed by atoms with E-state index in [1.807, 2.05) is 34.5 Å². The summed E-state index contributed by atoms with van der Waals surface area (Å²) < 4.78 is 3.70. The number of fused-ring (bicyclic) bond motifs is 3. The van der Waals surface area contributed by atoms with Gasteiger partial charge in [-0.3, -0.25) is 44.1 Å². The molecule has 17 heteroatoms. The SMILES string of the molecule is C[C@@H]1CNC(=O)c2cc3ccc(C(=O)Nc4cnn(Cc5ccc(N6CCC(N7CCN(Cc8cnc(N9CCC(=O)NC9=O)cn8)CC7)CC6)cc5)c4)nc3n21. The molecule has 4 aliphatic rings. The summed E-state index contributed by atoms with van der Waals surface area (Å²) in [5.41, 5.74) is 5.24. The molecule has 1 aromatic carbocycles. The molecular weight excluding hydrogens is 727 g/mol. The first-order chi connectivity index (χ1) is 27.7. The number of hydrogen-bond donors (Lipinski definition) is 3. The maximum absolute atomic E-state index is 13.2. The third kappa shape index (κ3) is 7.67. The molecular formula is C40H45N13O4. The smallest absolute Gasteiger partial charge is 0.329 e. The number of anilines is 3. The predicted molar refractivity (Wildman–Crippen MR) is 212 cm³/mol. The summed E-state index contributed by atoms with van der Waals surface area (Å²) in [6.07, 6.45) is 9.30. The molecule has 4 aliphatic heterocycles. The van der Waals surface area contributed by atoms with Crippen LogP contribution in [0.15, 0.2) is 67.3 Å². The number of piperazine rings is 1. The van der Waals surface area contributed by atoms with Gasteiger partial charge in [0.1, 0.15) is 17.0 Å². The van der Waals surface area contributed by atoms with Gasteiger partial charge in [0.2, 0.25) is 5.91 Å². The summed E-state index contributed by atoms with van der Waals surface area (Å²) in [5.74, 6) is -0.282. The molecule has 4 aromatic heterocycles. The van der Waals surface area contributed by atoms with Crippen LogP contribution in [0.2, 0.25) is 0 Å². The first-order valence-corrected chi connectivity index (χ1v) is 19.6. The van der Waals surface area contributed by atoms with Crippen molar-refractivity contribution in [1.29, 1.82) is 0 Å². The van der Waals surface area contributed by atoms with E-state index >= 15 is 0 Å². The molecule has 0 bridgehead atoms. The number of benzene rings is 1. The third-order valence-corrected chi connectivity index (χ3v) is 11.5. The lowest BCUT2D eigenvalue weighted by molar-refractivity contribution is -0.120. The number of aromatic nitrogens is 6. The van der Waals surface area contributed by atoms with Gasteiger partial charge in [-0.1, -0.05) is 12.1 Å². The molecule has 0 radical (unpaired) electrons. The Morgan fingerprint density at radius 3 is 2.46 bits per heavy atom. The van der Waals surface area contributed by atoms with E-state index < -0.39 is 6.03 Å². The first-order valence-electron chi connectivity index (χ1n) is 19.6. The Morgan fingerprint density at radius 2 is 1.70 bits per heavy atom. The Bertz CT molecular complexity index is 2310. The van der Waals surface area contributed by atoms with E-state index in [1.165, 1.54) is 10.6 Å². The summed E-state index contributed by atoms with van der Waals surface area (Å²) >= 11 is 0. The van der Waals surface area contributed by atoms with Crippen molar-refractivity contribution in [3.63, 3.8) is 0 Å². The second-order valence-corrected chi connectivity index (χ2v) is 15.3. The zero-order chi connectivity index (χ0) is 39.0. The highest BCUT2D eigenvalue weighted by molar-refractivity contribution is 6.05. The Kier molecular flexibility index (Phi) is 9.83. The monoisotopic (exact) mass is 771 g/mol. The topological polar surface area (TPSA) is 179 Å². The number of carbonyl (C=O) groups excluding carboxylic acids is 4. The molecule has 3 saturated heterocycles. The predicted octanol–water partition coefficient (Wildman–Crippen LogP) is 2.86. The van der Waals surface area contributed by atoms with Crippen LogP contribution in [0.4, 0.5) is 22.0 Å². The van der Waals surface area contributed by atoms with Gasteiger partial charge in [0.25, 0.3) is 11.8 Å². The number of urea groups is 1. The second kappa shape index (κ2) is 15.4. The Labute approximate surface area is 329 Å². The maximum atomic E-state index is 13.2. The van der Waals surface area contributed by atoms with Gasteiger partial charge in [0, 0.05) is 88.6 Å². The van der Waals surface area contributed by atoms with E-state index in [-0.39, 0.29) is 35.9 Å². The average Bonchev–Trinajstić information content (AvgIpc) is 3.85. The van der Waals surface area contributed by atoms with Crippen molar-refractivity contribution in [3.8, 4) is 0 Å². The number of hydrogen-bond acceptors (Lipinski definition) is 11. The van der Waals surface area contributed by atoms with E-state index in [0.29, 0.717) is 55.1 Å². The molecule has 0 spiro atoms. The van der Waals surface area contributed by atoms with E-state index in [0.717, 1.165) is 68.8 Å². The van der Waals surface area contributed by atoms with Crippen LogP contribution >= 0.6 is 0 Å². The van der Waals surface area contributed by atoms with E-state index in [1.54, 1.807) is 24.7 Å². The molecule has 0 unspecified atom stereocenters. The van der Waals surface area contributed by atoms with Crippen LogP contribution in [0.1, 0.15) is 64.5 Å². The number of carbonyl (C=O) groups is 4. The highest BCUT2D eigenvalue weighted by Gasteiger charge is 2.29. The molecule has 8 heterocycles. The van der Waals surface area contributed by atoms with Crippen molar-refractivity contribution in [2.45, 2.75) is 51.4 Å². The fourth-order valence-corrected chi connectivity index (χ4v) is 8.33. The first kappa shape index (κ1) is 36.4. The van der Waals surface area contributed by atoms with Crippen LogP contribution in [0.3, 0.4) is 0 Å². The lowest BCUT2D eigenvalue weighted by Gasteiger charge is -2.43. The zero-order valence-electron chi connectivity index (χ0n) is 31.8. The van der Waals surface area contributed by atoms with Gasteiger partial charge in [-0.25, -0.2) is 14.8 Å². The van der Waals surface area contributed by atoms with Crippen LogP contribution in [-0.2, 0) is 17.9 Å². The van der Waals surface area contributed by atoms with Gasteiger partial charge in [-0.15, -0.1) is 0 Å². The van der Waals surface area contributed by atoms with Gasteiger partial charge in [-0.05, 0) is 55.7 Å². The molecule has 9 rings (SSSR count). The Morgan fingerprint density at radius 1 is 0.895 bits per heavy atom. The Balaban J connectivity index is 0.721. The van der Waals surface area contributed by atoms with Crippen LogP contribution in [0, 0.1) is 0 Å². The average molecular weight is 772 g/mol. The normalized spacial score (nSPS) is 19.7. The van der Waals surface area contributed by atoms with Gasteiger partial charge in [0.05, 0.1) is 42.6 Å². The van der Waals surface area contributed by atoms with Gasteiger partial charge in [-0.2, -0.15) is 5.10 Å². The van der Waals surface area contributed by atoms with Crippen LogP contribution in [0.5, 0.6) is 0 Å². The van der Waals surface area contributed by atoms with Crippen molar-refractivity contribution in [3.05, 3.63) is 89.9 Å². The van der Waals surface area contributed by atoms with Gasteiger partial charge >= 0.3 is 6.03 Å². The summed E-state index contributed by atoms with van der Waals surface area (Å²) in [6, 6.07) is 14.1. The summed E-state index contributed by atoms with van der Waals surface area (Å²) in [6.45, 7) is 10.1. The maximum Gasteiger partial charge on any atom is 0.329 e. The molecule has 3 N–H and O–H groups in total. The van der Waals surface area contributed by atoms with E-state index in [4.69, 9.17) is 0 Å². The van der Waals surface area contributed by atoms with Gasteiger partial charge < -0.3 is 20.1 Å². The number of imide groups is 1. The fraction of sp³-hybridized carbons (Fsp3) is 0.400. The summed E-state index contributed by atoms with van der Waals surface area (Å²) in [5, 5.41) is 13.4. The molecule has 17 nitrogen and oxygen atoms in total. The van der Waals surface area contributed by atoms with Crippen LogP contribution in [0.25, 0.3) is 11.0 Å². The fourth-order valence-electron chi connectivity index (χ4n) is 8.33. The standard InChI is InChI=1S/C40H45N13O4/c1-26-19-43-39(56)34-18-28-4-7-33(46-37(28)53(26)34)38(55)45-30-21-44-51(25-30)23-27-2-5-31(6-3-27)49-11-8-32(9-12-49)50-16-14-48(15-17-50)24-29-20-42-35(22-41-29)52-13-10-36(54)47-40(52)57/h2-7,18,20-22,25-26,32H,8-17,19,23-24H2,1H3,(H,43,56)(H,45,55)(H,47,54,57)/t26-/m1/s1. The molecule has 1 atom stereocenters. The molecule has 0 saturated carbocycles. The molecule has 294 valence electrons. The van der Waals surface area contributed by atoms with Gasteiger partial charge in [0.15, 0.2) is 5.82 Å². The second-order valence-electron chi connectivity index (χ2n) is 15.3. The highest BCUT2D eigenvalue weighted by atomic mass is 16.2. The number of rotatable bonds is 9. The lowest BCUT2D eigenvalue weighted by atomic mass is 10.0. The number of amides is 5. The summed E-state index contributed by atoms with van der Waals surface area (Å²) in [7, 11) is 0. The van der Waals surface area contributed by atoms with Crippen LogP contribution in [-0.4, -0.2) is 121 Å². The number of nitrogens with zero attached hydrogens (tertiary/aromatic N) is 10. The molecule has 5 amide bonds. The minimum atomic E-state index is -0.454. The van der Waals surface area contributed by atoms with Crippen molar-refractivity contribution in [1.82, 2.24) is 49.7 Å². The van der Waals surface area contributed by atoms with Crippen molar-refractivity contribution in [2.24, 2.45) is 0 Å². The lowest BCUT2D eigenvalue weighted by Crippen LogP contribution is -2.53. The number of pyridine rings is 1. The van der Waals surface area contributed by atoms with E-state index in [9.17, 15) is 19.2 Å². The molecule has 57 heavy (non-hydrogen) atoms. The van der Waals surface area contributed by atoms with E-state index in [2.05, 4.69) is 75.0 Å². The Hall–Kier alpha value is -6.20. The summed E-state index contributed by atoms with van der Waals surface area (Å²) in [4.78, 5) is 71.7. The molecule has 5 aromatic rings. The molecule has 0 aliphatic carbocycles. The number of nitrogens with one attached hydrogen (secondary N) is 3. The van der Waals surface area contributed by atoms with Crippen molar-refractivity contribution in [2.75, 3.05) is 67.5 Å². The quantitative estimate of drug-likeness (QED) is 0.201. The molecule has 3 fully saturated rings. The minimum Gasteiger partial charge on any atom is -0.371 e. The van der Waals surface area contributed by atoms with Crippen molar-refractivity contribution < 1.29 is 19.2 Å². The minimum absolute atomic E-state index is 0.0371. The van der Waals surface area contributed by atoms with Crippen LogP contribution < -0.4 is 25.8 Å². The highest BCUT2D eigenvalue weighted by Crippen LogP contribution is 2.27.